The second-order valence-electron chi connectivity index (χ2n) is 8.97. The van der Waals surface area contributed by atoms with Crippen LogP contribution in [0, 0.1) is 10.1 Å². The van der Waals surface area contributed by atoms with Crippen LogP contribution in [-0.4, -0.2) is 42.5 Å². The molecule has 0 atom stereocenters. The number of halogens is 2. The Labute approximate surface area is 212 Å². The number of nitrogens with zero attached hydrogens (tertiary/aromatic N) is 3. The molecule has 10 heteroatoms. The Morgan fingerprint density at radius 2 is 1.89 bits per heavy atom. The zero-order valence-electron chi connectivity index (χ0n) is 19.0. The number of carbonyl (C=O) groups excluding carboxylic acids is 1. The van der Waals surface area contributed by atoms with Gasteiger partial charge in [-0.2, -0.15) is 0 Å². The lowest BCUT2D eigenvalue weighted by atomic mass is 9.74. The zero-order chi connectivity index (χ0) is 24.7. The van der Waals surface area contributed by atoms with Crippen molar-refractivity contribution in [3.63, 3.8) is 0 Å². The van der Waals surface area contributed by atoms with E-state index in [4.69, 9.17) is 32.4 Å². The van der Waals surface area contributed by atoms with Gasteiger partial charge in [0.05, 0.1) is 23.2 Å². The second kappa shape index (κ2) is 9.18. The largest absolute Gasteiger partial charge is 0.497 e. The Hall–Kier alpha value is -3.07. The van der Waals surface area contributed by atoms with Gasteiger partial charge in [0.1, 0.15) is 10.7 Å². The van der Waals surface area contributed by atoms with Crippen molar-refractivity contribution in [2.45, 2.75) is 24.8 Å². The molecule has 5 rings (SSSR count). The molecule has 1 aromatic heterocycles. The third-order valence-electron chi connectivity index (χ3n) is 6.96. The van der Waals surface area contributed by atoms with Gasteiger partial charge in [0.2, 0.25) is 0 Å². The summed E-state index contributed by atoms with van der Waals surface area (Å²) in [6.07, 6.45) is 1.69. The number of likely N-dealkylation sites (tertiary alicyclic amines) is 1. The van der Waals surface area contributed by atoms with E-state index in [1.807, 2.05) is 36.4 Å². The monoisotopic (exact) mass is 515 g/mol. The van der Waals surface area contributed by atoms with Crippen LogP contribution in [0.25, 0.3) is 0 Å². The average molecular weight is 516 g/mol. The minimum Gasteiger partial charge on any atom is -0.497 e. The molecule has 35 heavy (non-hydrogen) atoms. The fraction of sp³-hybridized carbons (Fsp3) is 0.320. The predicted molar refractivity (Wildman–Crippen MR) is 133 cm³/mol. The van der Waals surface area contributed by atoms with E-state index < -0.39 is 10.8 Å². The number of amides is 1. The number of furan rings is 1. The number of methoxy groups -OCH3 is 1. The summed E-state index contributed by atoms with van der Waals surface area (Å²) < 4.78 is 10.7. The van der Waals surface area contributed by atoms with E-state index in [0.717, 1.165) is 55.0 Å². The van der Waals surface area contributed by atoms with Gasteiger partial charge in [0.25, 0.3) is 5.91 Å². The van der Waals surface area contributed by atoms with Crippen molar-refractivity contribution in [2.75, 3.05) is 31.6 Å². The van der Waals surface area contributed by atoms with E-state index in [0.29, 0.717) is 16.6 Å². The summed E-state index contributed by atoms with van der Waals surface area (Å²) in [7, 11) is 1.62. The maximum absolute atomic E-state index is 13.3. The summed E-state index contributed by atoms with van der Waals surface area (Å²) in [5, 5.41) is 12.1. The lowest BCUT2D eigenvalue weighted by Gasteiger charge is -2.40. The molecule has 0 N–H and O–H groups in total. The first-order valence-corrected chi connectivity index (χ1v) is 12.0. The smallest absolute Gasteiger partial charge is 0.433 e. The molecule has 2 aliphatic rings. The Morgan fingerprint density at radius 3 is 2.54 bits per heavy atom. The van der Waals surface area contributed by atoms with Crippen LogP contribution in [0.1, 0.15) is 34.5 Å². The van der Waals surface area contributed by atoms with Crippen LogP contribution in [0.15, 0.2) is 52.9 Å². The standard InChI is InChI=1S/C25H23Cl2N3O5/c1-34-17-3-5-21-18(13-17)25(15-29(21)24(31)22-6-7-23(35-22)30(32)33)8-10-28(11-9-25)14-16-2-4-19(26)20(27)12-16/h2-7,12-13H,8-11,14-15H2,1H3. The summed E-state index contributed by atoms with van der Waals surface area (Å²) in [5.74, 6) is -0.163. The highest BCUT2D eigenvalue weighted by molar-refractivity contribution is 6.42. The third kappa shape index (κ3) is 4.37. The van der Waals surface area contributed by atoms with Crippen LogP contribution in [0.3, 0.4) is 0 Å². The van der Waals surface area contributed by atoms with Gasteiger partial charge < -0.3 is 14.1 Å². The maximum atomic E-state index is 13.3. The third-order valence-corrected chi connectivity index (χ3v) is 7.70. The SMILES string of the molecule is COc1ccc2c(c1)C1(CCN(Cc3ccc(Cl)c(Cl)c3)CC1)CN2C(=O)c1ccc([N+](=O)[O-])o1. The zero-order valence-corrected chi connectivity index (χ0v) is 20.5. The molecule has 0 bridgehead atoms. The Kier molecular flexibility index (Phi) is 6.21. The van der Waals surface area contributed by atoms with Crippen LogP contribution in [0.2, 0.25) is 10.0 Å². The van der Waals surface area contributed by atoms with Gasteiger partial charge >= 0.3 is 5.88 Å². The molecule has 1 fully saturated rings. The number of hydrogen-bond acceptors (Lipinski definition) is 6. The first-order chi connectivity index (χ1) is 16.8. The molecule has 1 spiro atoms. The highest BCUT2D eigenvalue weighted by Gasteiger charge is 2.47. The first kappa shape index (κ1) is 23.7. The number of rotatable bonds is 5. The van der Waals surface area contributed by atoms with E-state index in [2.05, 4.69) is 4.90 Å². The maximum Gasteiger partial charge on any atom is 0.433 e. The molecule has 2 aromatic carbocycles. The van der Waals surface area contributed by atoms with Crippen LogP contribution >= 0.6 is 23.2 Å². The molecular weight excluding hydrogens is 493 g/mol. The van der Waals surface area contributed by atoms with Crippen molar-refractivity contribution >= 4 is 40.7 Å². The van der Waals surface area contributed by atoms with E-state index in [1.165, 1.54) is 12.1 Å². The van der Waals surface area contributed by atoms with E-state index in [-0.39, 0.29) is 17.1 Å². The van der Waals surface area contributed by atoms with Crippen LogP contribution in [-0.2, 0) is 12.0 Å². The molecule has 3 heterocycles. The average Bonchev–Trinajstić information content (AvgIpc) is 3.47. The van der Waals surface area contributed by atoms with E-state index >= 15 is 0 Å². The van der Waals surface area contributed by atoms with Gasteiger partial charge in [0, 0.05) is 24.2 Å². The topological polar surface area (TPSA) is 89.1 Å². The number of benzene rings is 2. The molecular formula is C25H23Cl2N3O5. The number of carbonyl (C=O) groups is 1. The minimum atomic E-state index is -0.648. The Balaban J connectivity index is 1.39. The summed E-state index contributed by atoms with van der Waals surface area (Å²) in [4.78, 5) is 27.7. The molecule has 1 saturated heterocycles. The summed E-state index contributed by atoms with van der Waals surface area (Å²) in [5.41, 5.74) is 2.69. The molecule has 1 amide bonds. The first-order valence-electron chi connectivity index (χ1n) is 11.2. The fourth-order valence-electron chi connectivity index (χ4n) is 5.09. The lowest BCUT2D eigenvalue weighted by molar-refractivity contribution is -0.402. The molecule has 0 radical (unpaired) electrons. The van der Waals surface area contributed by atoms with Crippen molar-refractivity contribution in [1.29, 1.82) is 0 Å². The fourth-order valence-corrected chi connectivity index (χ4v) is 5.41. The van der Waals surface area contributed by atoms with Gasteiger partial charge in [0.15, 0.2) is 5.76 Å². The van der Waals surface area contributed by atoms with Crippen LogP contribution in [0.4, 0.5) is 11.6 Å². The van der Waals surface area contributed by atoms with Gasteiger partial charge in [-0.3, -0.25) is 19.8 Å². The number of nitro groups is 1. The van der Waals surface area contributed by atoms with Crippen LogP contribution in [0.5, 0.6) is 5.75 Å². The molecule has 0 aliphatic carbocycles. The number of piperidine rings is 1. The molecule has 182 valence electrons. The number of fused-ring (bicyclic) bond motifs is 2. The summed E-state index contributed by atoms with van der Waals surface area (Å²) in [6.45, 7) is 2.91. The van der Waals surface area contributed by atoms with Crippen molar-refractivity contribution < 1.29 is 18.9 Å². The quantitative estimate of drug-likeness (QED) is 0.320. The van der Waals surface area contributed by atoms with Crippen molar-refractivity contribution in [3.8, 4) is 5.75 Å². The molecule has 8 nitrogen and oxygen atoms in total. The van der Waals surface area contributed by atoms with Gasteiger partial charge in [-0.05, 0) is 73.5 Å². The highest BCUT2D eigenvalue weighted by atomic mass is 35.5. The molecule has 0 saturated carbocycles. The summed E-state index contributed by atoms with van der Waals surface area (Å²) in [6, 6.07) is 13.9. The second-order valence-corrected chi connectivity index (χ2v) is 9.79. The minimum absolute atomic E-state index is 0.0485. The lowest BCUT2D eigenvalue weighted by Crippen LogP contribution is -2.45. The van der Waals surface area contributed by atoms with Crippen LogP contribution < -0.4 is 9.64 Å². The Bertz CT molecular complexity index is 1300. The van der Waals surface area contributed by atoms with Gasteiger partial charge in [-0.1, -0.05) is 29.3 Å². The van der Waals surface area contributed by atoms with Gasteiger partial charge in [-0.25, -0.2) is 0 Å². The van der Waals surface area contributed by atoms with Crippen molar-refractivity contribution in [2.24, 2.45) is 0 Å². The number of hydrogen-bond donors (Lipinski definition) is 0. The molecule has 2 aliphatic heterocycles. The van der Waals surface area contributed by atoms with E-state index in [1.54, 1.807) is 12.0 Å². The highest BCUT2D eigenvalue weighted by Crippen LogP contribution is 2.49. The predicted octanol–water partition coefficient (Wildman–Crippen LogP) is 5.70. The number of ether oxygens (including phenoxy) is 1. The number of anilines is 1. The normalized spacial score (nSPS) is 16.9. The van der Waals surface area contributed by atoms with Crippen molar-refractivity contribution in [3.05, 3.63) is 85.6 Å². The summed E-state index contributed by atoms with van der Waals surface area (Å²) >= 11 is 12.2. The van der Waals surface area contributed by atoms with Crippen molar-refractivity contribution in [1.82, 2.24) is 4.90 Å². The molecule has 3 aromatic rings. The Morgan fingerprint density at radius 1 is 1.11 bits per heavy atom. The van der Waals surface area contributed by atoms with Gasteiger partial charge in [-0.15, -0.1) is 0 Å². The van der Waals surface area contributed by atoms with E-state index in [9.17, 15) is 14.9 Å². The molecule has 0 unspecified atom stereocenters.